The van der Waals surface area contributed by atoms with Gasteiger partial charge in [-0.2, -0.15) is 0 Å². The lowest BCUT2D eigenvalue weighted by molar-refractivity contribution is -0.119. The molecular formula is C9H12Cl2N4O. The molecule has 0 atom stereocenters. The quantitative estimate of drug-likeness (QED) is 0.868. The molecule has 5 nitrogen and oxygen atoms in total. The average Bonchev–Trinajstić information content (AvgIpc) is 2.18. The maximum atomic E-state index is 11.3. The van der Waals surface area contributed by atoms with E-state index in [0.717, 1.165) is 0 Å². The highest BCUT2D eigenvalue weighted by Gasteiger charge is 2.07. The van der Waals surface area contributed by atoms with Gasteiger partial charge < -0.3 is 10.6 Å². The van der Waals surface area contributed by atoms with Gasteiger partial charge in [-0.25, -0.2) is 0 Å². The molecular weight excluding hydrogens is 251 g/mol. The topological polar surface area (TPSA) is 66.9 Å². The molecule has 0 saturated carbocycles. The monoisotopic (exact) mass is 262 g/mol. The smallest absolute Gasteiger partial charge is 0.239 e. The van der Waals surface area contributed by atoms with Crippen molar-refractivity contribution < 1.29 is 4.79 Å². The molecule has 0 spiro atoms. The Labute approximate surface area is 104 Å². The number of amides is 1. The molecule has 0 unspecified atom stereocenters. The van der Waals surface area contributed by atoms with E-state index in [9.17, 15) is 4.79 Å². The van der Waals surface area contributed by atoms with Gasteiger partial charge in [0.15, 0.2) is 10.3 Å². The normalized spacial score (nSPS) is 10.3. The van der Waals surface area contributed by atoms with Crippen molar-refractivity contribution in [3.63, 3.8) is 0 Å². The summed E-state index contributed by atoms with van der Waals surface area (Å²) < 4.78 is 0. The van der Waals surface area contributed by atoms with E-state index in [-0.39, 0.29) is 28.8 Å². The molecule has 16 heavy (non-hydrogen) atoms. The SMILES string of the molecule is CC(C)NC(=O)CNc1cc(Cl)nnc1Cl. The molecule has 1 aromatic heterocycles. The first kappa shape index (κ1) is 13.0. The van der Waals surface area contributed by atoms with Crippen molar-refractivity contribution in [2.24, 2.45) is 0 Å². The first-order valence-corrected chi connectivity index (χ1v) is 5.46. The lowest BCUT2D eigenvalue weighted by Crippen LogP contribution is -2.34. The van der Waals surface area contributed by atoms with Gasteiger partial charge in [-0.3, -0.25) is 4.79 Å². The van der Waals surface area contributed by atoms with E-state index in [0.29, 0.717) is 5.69 Å². The molecule has 0 fully saturated rings. The van der Waals surface area contributed by atoms with Gasteiger partial charge in [0, 0.05) is 12.1 Å². The molecule has 1 aromatic rings. The highest BCUT2D eigenvalue weighted by molar-refractivity contribution is 6.33. The maximum Gasteiger partial charge on any atom is 0.239 e. The summed E-state index contributed by atoms with van der Waals surface area (Å²) in [6.45, 7) is 3.88. The van der Waals surface area contributed by atoms with Crippen LogP contribution in [-0.2, 0) is 4.79 Å². The second-order valence-corrected chi connectivity index (χ2v) is 4.19. The minimum atomic E-state index is -0.126. The number of aromatic nitrogens is 2. The van der Waals surface area contributed by atoms with Crippen molar-refractivity contribution in [3.05, 3.63) is 16.4 Å². The third-order valence-corrected chi connectivity index (χ3v) is 2.07. The number of halogens is 2. The summed E-state index contributed by atoms with van der Waals surface area (Å²) in [5, 5.41) is 13.1. The lowest BCUT2D eigenvalue weighted by Gasteiger charge is -2.10. The van der Waals surface area contributed by atoms with Crippen LogP contribution in [0.5, 0.6) is 0 Å². The van der Waals surface area contributed by atoms with Crippen molar-refractivity contribution in [3.8, 4) is 0 Å². The van der Waals surface area contributed by atoms with Crippen LogP contribution in [0, 0.1) is 0 Å². The molecule has 1 rings (SSSR count). The standard InChI is InChI=1S/C9H12Cl2N4O/c1-5(2)13-8(16)4-12-6-3-7(10)14-15-9(6)11/h3,5H,4H2,1-2H3,(H,12,14)(H,13,16). The zero-order valence-electron chi connectivity index (χ0n) is 8.92. The summed E-state index contributed by atoms with van der Waals surface area (Å²) in [4.78, 5) is 11.3. The van der Waals surface area contributed by atoms with Crippen LogP contribution in [0.25, 0.3) is 0 Å². The van der Waals surface area contributed by atoms with Crippen molar-refractivity contribution in [2.45, 2.75) is 19.9 Å². The molecule has 0 saturated heterocycles. The largest absolute Gasteiger partial charge is 0.374 e. The van der Waals surface area contributed by atoms with Crippen LogP contribution in [0.1, 0.15) is 13.8 Å². The molecule has 7 heteroatoms. The Morgan fingerprint density at radius 3 is 2.75 bits per heavy atom. The average molecular weight is 263 g/mol. The van der Waals surface area contributed by atoms with Crippen LogP contribution >= 0.6 is 23.2 Å². The molecule has 1 amide bonds. The number of carbonyl (C=O) groups is 1. The minimum absolute atomic E-state index is 0.101. The van der Waals surface area contributed by atoms with Gasteiger partial charge in [0.05, 0.1) is 12.2 Å². The fourth-order valence-corrected chi connectivity index (χ4v) is 1.33. The predicted molar refractivity (Wildman–Crippen MR) is 63.8 cm³/mol. The van der Waals surface area contributed by atoms with E-state index >= 15 is 0 Å². The van der Waals surface area contributed by atoms with Crippen molar-refractivity contribution in [1.82, 2.24) is 15.5 Å². The van der Waals surface area contributed by atoms with E-state index in [1.54, 1.807) is 0 Å². The van der Waals surface area contributed by atoms with E-state index in [2.05, 4.69) is 20.8 Å². The number of hydrogen-bond donors (Lipinski definition) is 2. The number of rotatable bonds is 4. The molecule has 0 radical (unpaired) electrons. The van der Waals surface area contributed by atoms with Crippen LogP contribution in [-0.4, -0.2) is 28.7 Å². The Bertz CT molecular complexity index is 384. The van der Waals surface area contributed by atoms with Gasteiger partial charge in [-0.05, 0) is 13.8 Å². The van der Waals surface area contributed by atoms with Gasteiger partial charge >= 0.3 is 0 Å². The van der Waals surface area contributed by atoms with Crippen LogP contribution in [0.4, 0.5) is 5.69 Å². The first-order chi connectivity index (χ1) is 7.49. The third kappa shape index (κ3) is 4.20. The maximum absolute atomic E-state index is 11.3. The van der Waals surface area contributed by atoms with Crippen molar-refractivity contribution in [1.29, 1.82) is 0 Å². The number of carbonyl (C=O) groups excluding carboxylic acids is 1. The summed E-state index contributed by atoms with van der Waals surface area (Å²) in [6, 6.07) is 1.61. The molecule has 0 aliphatic rings. The van der Waals surface area contributed by atoms with Crippen LogP contribution in [0.3, 0.4) is 0 Å². The Morgan fingerprint density at radius 2 is 2.12 bits per heavy atom. The van der Waals surface area contributed by atoms with Gasteiger partial charge in [-0.15, -0.1) is 10.2 Å². The Kier molecular flexibility index (Phi) is 4.76. The number of hydrogen-bond acceptors (Lipinski definition) is 4. The van der Waals surface area contributed by atoms with Gasteiger partial charge in [0.25, 0.3) is 0 Å². The molecule has 2 N–H and O–H groups in total. The number of nitrogens with one attached hydrogen (secondary N) is 2. The molecule has 0 aliphatic heterocycles. The molecule has 0 aliphatic carbocycles. The number of nitrogens with zero attached hydrogens (tertiary/aromatic N) is 2. The van der Waals surface area contributed by atoms with Gasteiger partial charge in [-0.1, -0.05) is 23.2 Å². The Hall–Kier alpha value is -1.07. The summed E-state index contributed by atoms with van der Waals surface area (Å²) in [7, 11) is 0. The second-order valence-electron chi connectivity index (χ2n) is 3.45. The van der Waals surface area contributed by atoms with Gasteiger partial charge in [0.2, 0.25) is 5.91 Å². The summed E-state index contributed by atoms with van der Waals surface area (Å²) in [5.41, 5.74) is 0.487. The number of anilines is 1. The fraction of sp³-hybridized carbons (Fsp3) is 0.444. The zero-order valence-corrected chi connectivity index (χ0v) is 10.4. The fourth-order valence-electron chi connectivity index (χ4n) is 1.03. The Morgan fingerprint density at radius 1 is 1.44 bits per heavy atom. The summed E-state index contributed by atoms with van der Waals surface area (Å²) in [6.07, 6.45) is 0. The molecule has 1 heterocycles. The molecule has 0 aromatic carbocycles. The summed E-state index contributed by atoms with van der Waals surface area (Å²) in [5.74, 6) is -0.126. The predicted octanol–water partition coefficient (Wildman–Crippen LogP) is 1.72. The minimum Gasteiger partial charge on any atom is -0.374 e. The Balaban J connectivity index is 2.54. The van der Waals surface area contributed by atoms with Crippen LogP contribution in [0.15, 0.2) is 6.07 Å². The second kappa shape index (κ2) is 5.86. The van der Waals surface area contributed by atoms with Crippen LogP contribution in [0.2, 0.25) is 10.3 Å². The van der Waals surface area contributed by atoms with Crippen molar-refractivity contribution >= 4 is 34.8 Å². The zero-order chi connectivity index (χ0) is 12.1. The molecule has 0 bridgehead atoms. The van der Waals surface area contributed by atoms with E-state index < -0.39 is 0 Å². The van der Waals surface area contributed by atoms with E-state index in [1.165, 1.54) is 6.07 Å². The third-order valence-electron chi connectivity index (χ3n) is 1.61. The van der Waals surface area contributed by atoms with E-state index in [4.69, 9.17) is 23.2 Å². The van der Waals surface area contributed by atoms with Gasteiger partial charge in [0.1, 0.15) is 0 Å². The van der Waals surface area contributed by atoms with Crippen LogP contribution < -0.4 is 10.6 Å². The first-order valence-electron chi connectivity index (χ1n) is 4.71. The van der Waals surface area contributed by atoms with Crippen molar-refractivity contribution in [2.75, 3.05) is 11.9 Å². The summed E-state index contributed by atoms with van der Waals surface area (Å²) >= 11 is 11.4. The molecule has 88 valence electrons. The highest BCUT2D eigenvalue weighted by Crippen LogP contribution is 2.20. The lowest BCUT2D eigenvalue weighted by atomic mass is 10.4. The van der Waals surface area contributed by atoms with E-state index in [1.807, 2.05) is 13.8 Å². The highest BCUT2D eigenvalue weighted by atomic mass is 35.5.